The van der Waals surface area contributed by atoms with Crippen LogP contribution in [0.25, 0.3) is 0 Å². The number of anilines is 1. The van der Waals surface area contributed by atoms with Crippen LogP contribution in [-0.4, -0.2) is 20.8 Å². The lowest BCUT2D eigenvalue weighted by Gasteiger charge is -2.24. The van der Waals surface area contributed by atoms with E-state index in [0.717, 1.165) is 12.0 Å². The third kappa shape index (κ3) is 5.36. The highest BCUT2D eigenvalue weighted by Gasteiger charge is 2.23. The van der Waals surface area contributed by atoms with E-state index in [4.69, 9.17) is 4.74 Å². The van der Waals surface area contributed by atoms with E-state index < -0.39 is 10.0 Å². The Morgan fingerprint density at radius 1 is 0.786 bits per heavy atom. The van der Waals surface area contributed by atoms with Crippen molar-refractivity contribution >= 4 is 15.7 Å². The van der Waals surface area contributed by atoms with Gasteiger partial charge in [0, 0.05) is 0 Å². The van der Waals surface area contributed by atoms with Crippen molar-refractivity contribution in [2.75, 3.05) is 16.7 Å². The van der Waals surface area contributed by atoms with Crippen LogP contribution in [0.15, 0.2) is 84.9 Å². The molecule has 0 unspecified atom stereocenters. The summed E-state index contributed by atoms with van der Waals surface area (Å²) in [4.78, 5) is 0. The molecule has 0 aliphatic heterocycles. The summed E-state index contributed by atoms with van der Waals surface area (Å²) >= 11 is 0. The molecule has 0 radical (unpaired) electrons. The first kappa shape index (κ1) is 20.0. The monoisotopic (exact) mass is 395 g/mol. The fourth-order valence-corrected chi connectivity index (χ4v) is 4.19. The van der Waals surface area contributed by atoms with Gasteiger partial charge in [-0.1, -0.05) is 67.6 Å². The molecule has 0 amide bonds. The third-order valence-electron chi connectivity index (χ3n) is 4.49. The van der Waals surface area contributed by atoms with E-state index >= 15 is 0 Å². The van der Waals surface area contributed by atoms with Gasteiger partial charge in [0.15, 0.2) is 0 Å². The largest absolute Gasteiger partial charge is 0.492 e. The van der Waals surface area contributed by atoms with E-state index in [1.165, 1.54) is 9.87 Å². The molecule has 0 heterocycles. The highest BCUT2D eigenvalue weighted by molar-refractivity contribution is 7.92. The van der Waals surface area contributed by atoms with Crippen LogP contribution >= 0.6 is 0 Å². The van der Waals surface area contributed by atoms with Gasteiger partial charge in [0.25, 0.3) is 0 Å². The Labute approximate surface area is 167 Å². The van der Waals surface area contributed by atoms with Crippen LogP contribution in [0.5, 0.6) is 5.75 Å². The molecule has 0 aromatic heterocycles. The fraction of sp³-hybridized carbons (Fsp3) is 0.217. The molecule has 4 nitrogen and oxygen atoms in total. The highest BCUT2D eigenvalue weighted by atomic mass is 32.2. The summed E-state index contributed by atoms with van der Waals surface area (Å²) in [6.07, 6.45) is 0.959. The minimum Gasteiger partial charge on any atom is -0.492 e. The zero-order valence-electron chi connectivity index (χ0n) is 16.0. The van der Waals surface area contributed by atoms with Gasteiger partial charge in [0.1, 0.15) is 18.1 Å². The first-order valence-electron chi connectivity index (χ1n) is 9.39. The SMILES string of the molecule is CCc1ccc(OCCS(=O)(=O)N(Cc2ccccc2)c2ccccc2)cc1. The fourth-order valence-electron chi connectivity index (χ4n) is 2.89. The Morgan fingerprint density at radius 3 is 2.00 bits per heavy atom. The molecule has 3 rings (SSSR count). The second-order valence-electron chi connectivity index (χ2n) is 6.49. The first-order chi connectivity index (χ1) is 13.6. The number of hydrogen-bond donors (Lipinski definition) is 0. The Hall–Kier alpha value is -2.79. The Kier molecular flexibility index (Phi) is 6.71. The maximum atomic E-state index is 13.1. The number of aryl methyl sites for hydroxylation is 1. The standard InChI is InChI=1S/C23H25NO3S/c1-2-20-13-15-23(16-14-20)27-17-18-28(25,26)24(22-11-7-4-8-12-22)19-21-9-5-3-6-10-21/h3-16H,2,17-19H2,1H3. The van der Waals surface area contributed by atoms with Gasteiger partial charge in [0.05, 0.1) is 12.2 Å². The lowest BCUT2D eigenvalue weighted by Crippen LogP contribution is -2.34. The Bertz CT molecular complexity index is 956. The van der Waals surface area contributed by atoms with Crippen LogP contribution < -0.4 is 9.04 Å². The van der Waals surface area contributed by atoms with Crippen molar-refractivity contribution in [3.63, 3.8) is 0 Å². The van der Waals surface area contributed by atoms with Gasteiger partial charge >= 0.3 is 0 Å². The van der Waals surface area contributed by atoms with E-state index in [9.17, 15) is 8.42 Å². The molecule has 3 aromatic rings. The van der Waals surface area contributed by atoms with Crippen molar-refractivity contribution in [3.05, 3.63) is 96.1 Å². The van der Waals surface area contributed by atoms with Crippen molar-refractivity contribution in [1.82, 2.24) is 0 Å². The van der Waals surface area contributed by atoms with Crippen LogP contribution in [-0.2, 0) is 23.0 Å². The van der Waals surface area contributed by atoms with Crippen molar-refractivity contribution in [2.45, 2.75) is 19.9 Å². The molecule has 0 saturated heterocycles. The predicted molar refractivity (Wildman–Crippen MR) is 114 cm³/mol. The molecular formula is C23H25NO3S. The average molecular weight is 396 g/mol. The maximum Gasteiger partial charge on any atom is 0.238 e. The number of ether oxygens (including phenoxy) is 1. The van der Waals surface area contributed by atoms with E-state index in [2.05, 4.69) is 6.92 Å². The molecule has 0 bridgehead atoms. The lowest BCUT2D eigenvalue weighted by molar-refractivity contribution is 0.340. The van der Waals surface area contributed by atoms with Crippen molar-refractivity contribution in [1.29, 1.82) is 0 Å². The molecule has 146 valence electrons. The summed E-state index contributed by atoms with van der Waals surface area (Å²) < 4.78 is 33.3. The van der Waals surface area contributed by atoms with Crippen molar-refractivity contribution in [3.8, 4) is 5.75 Å². The van der Waals surface area contributed by atoms with Gasteiger partial charge in [-0.15, -0.1) is 0 Å². The zero-order chi connectivity index (χ0) is 19.8. The number of hydrogen-bond acceptors (Lipinski definition) is 3. The summed E-state index contributed by atoms with van der Waals surface area (Å²) in [6, 6.07) is 26.5. The maximum absolute atomic E-state index is 13.1. The third-order valence-corrected chi connectivity index (χ3v) is 6.18. The molecule has 0 aliphatic rings. The Morgan fingerprint density at radius 2 is 1.39 bits per heavy atom. The summed E-state index contributed by atoms with van der Waals surface area (Å²) in [5.74, 6) is 0.589. The first-order valence-corrected chi connectivity index (χ1v) is 11.0. The molecule has 0 saturated carbocycles. The molecule has 28 heavy (non-hydrogen) atoms. The van der Waals surface area contributed by atoms with Gasteiger partial charge < -0.3 is 4.74 Å². The van der Waals surface area contributed by atoms with Gasteiger partial charge in [-0.05, 0) is 41.8 Å². The summed E-state index contributed by atoms with van der Waals surface area (Å²) in [5.41, 5.74) is 2.81. The summed E-state index contributed by atoms with van der Waals surface area (Å²) in [5, 5.41) is 0. The quantitative estimate of drug-likeness (QED) is 0.529. The smallest absolute Gasteiger partial charge is 0.238 e. The summed E-state index contributed by atoms with van der Waals surface area (Å²) in [7, 11) is -3.55. The molecule has 3 aromatic carbocycles. The highest BCUT2D eigenvalue weighted by Crippen LogP contribution is 2.21. The molecule has 0 N–H and O–H groups in total. The molecule has 0 spiro atoms. The van der Waals surface area contributed by atoms with E-state index in [1.54, 1.807) is 0 Å². The van der Waals surface area contributed by atoms with Crippen LogP contribution in [0.2, 0.25) is 0 Å². The average Bonchev–Trinajstić information content (AvgIpc) is 2.73. The van der Waals surface area contributed by atoms with Crippen LogP contribution in [0.1, 0.15) is 18.1 Å². The molecule has 0 atom stereocenters. The zero-order valence-corrected chi connectivity index (χ0v) is 16.8. The topological polar surface area (TPSA) is 46.6 Å². The molecule has 0 aliphatic carbocycles. The van der Waals surface area contributed by atoms with Crippen LogP contribution in [0, 0.1) is 0 Å². The molecule has 5 heteroatoms. The van der Waals surface area contributed by atoms with Gasteiger partial charge in [-0.2, -0.15) is 0 Å². The van der Waals surface area contributed by atoms with Crippen LogP contribution in [0.4, 0.5) is 5.69 Å². The minimum absolute atomic E-state index is 0.0930. The summed E-state index contributed by atoms with van der Waals surface area (Å²) in [6.45, 7) is 2.48. The van der Waals surface area contributed by atoms with Crippen molar-refractivity contribution < 1.29 is 13.2 Å². The second kappa shape index (κ2) is 9.42. The normalized spacial score (nSPS) is 11.2. The number of sulfonamides is 1. The van der Waals surface area contributed by atoms with Gasteiger partial charge in [0.2, 0.25) is 10.0 Å². The minimum atomic E-state index is -3.55. The van der Waals surface area contributed by atoms with E-state index in [1.807, 2.05) is 84.9 Å². The predicted octanol–water partition coefficient (Wildman–Crippen LogP) is 4.66. The number of rotatable bonds is 9. The van der Waals surface area contributed by atoms with E-state index in [0.29, 0.717) is 18.0 Å². The van der Waals surface area contributed by atoms with Gasteiger partial charge in [-0.25, -0.2) is 8.42 Å². The number of benzene rings is 3. The number of para-hydroxylation sites is 1. The second-order valence-corrected chi connectivity index (χ2v) is 8.50. The number of nitrogens with zero attached hydrogens (tertiary/aromatic N) is 1. The van der Waals surface area contributed by atoms with Gasteiger partial charge in [-0.3, -0.25) is 4.31 Å². The lowest BCUT2D eigenvalue weighted by atomic mass is 10.2. The molecule has 0 fully saturated rings. The van der Waals surface area contributed by atoms with E-state index in [-0.39, 0.29) is 12.4 Å². The van der Waals surface area contributed by atoms with Crippen molar-refractivity contribution in [2.24, 2.45) is 0 Å². The molecular weight excluding hydrogens is 370 g/mol. The Balaban J connectivity index is 1.72. The van der Waals surface area contributed by atoms with Crippen LogP contribution in [0.3, 0.4) is 0 Å².